The fourth-order valence-corrected chi connectivity index (χ4v) is 8.90. The summed E-state index contributed by atoms with van der Waals surface area (Å²) in [5, 5.41) is 2.43. The Labute approximate surface area is 247 Å². The molecule has 0 saturated carbocycles. The molecule has 0 saturated heterocycles. The van der Waals surface area contributed by atoms with Crippen LogP contribution in [0.25, 0.3) is 11.3 Å². The second-order valence-corrected chi connectivity index (χ2v) is 14.0. The molecule has 0 radical (unpaired) electrons. The number of benzene rings is 5. The molecule has 1 aromatic heterocycles. The lowest BCUT2D eigenvalue weighted by molar-refractivity contribution is 0.592. The van der Waals surface area contributed by atoms with Gasteiger partial charge in [-0.15, -0.1) is 0 Å². The van der Waals surface area contributed by atoms with Gasteiger partial charge in [0.05, 0.1) is 17.1 Å². The molecule has 0 fully saturated rings. The van der Waals surface area contributed by atoms with Gasteiger partial charge >= 0.3 is 0 Å². The lowest BCUT2D eigenvalue weighted by atomic mass is 9.73. The Bertz CT molecular complexity index is 1860. The van der Waals surface area contributed by atoms with Crippen LogP contribution in [0.2, 0.25) is 0 Å². The molecular formula is C38H31N2OP. The van der Waals surface area contributed by atoms with Gasteiger partial charge in [0.2, 0.25) is 0 Å². The molecule has 0 atom stereocenters. The largest absolute Gasteiger partial charge is 0.309 e. The Balaban J connectivity index is 1.37. The van der Waals surface area contributed by atoms with Crippen molar-refractivity contribution in [2.24, 2.45) is 0 Å². The molecule has 1 aliphatic rings. The summed E-state index contributed by atoms with van der Waals surface area (Å²) >= 11 is 0. The van der Waals surface area contributed by atoms with Crippen molar-refractivity contribution < 1.29 is 4.57 Å². The van der Waals surface area contributed by atoms with Crippen LogP contribution in [-0.2, 0) is 9.98 Å². The van der Waals surface area contributed by atoms with Crippen LogP contribution in [0.4, 0.5) is 17.2 Å². The number of anilines is 3. The second kappa shape index (κ2) is 10.3. The Hall–Kier alpha value is -4.72. The van der Waals surface area contributed by atoms with Gasteiger partial charge in [-0.1, -0.05) is 135 Å². The highest BCUT2D eigenvalue weighted by Crippen LogP contribution is 2.51. The average molecular weight is 563 g/mol. The lowest BCUT2D eigenvalue weighted by Gasteiger charge is -2.41. The van der Waals surface area contributed by atoms with Crippen LogP contribution in [0.5, 0.6) is 0 Å². The first kappa shape index (κ1) is 26.2. The van der Waals surface area contributed by atoms with Crippen molar-refractivity contribution in [3.8, 4) is 11.3 Å². The van der Waals surface area contributed by atoms with E-state index in [1.54, 1.807) is 0 Å². The minimum atomic E-state index is -3.10. The van der Waals surface area contributed by atoms with Gasteiger partial charge in [0.15, 0.2) is 7.14 Å². The fourth-order valence-electron chi connectivity index (χ4n) is 6.21. The van der Waals surface area contributed by atoms with Crippen molar-refractivity contribution in [2.45, 2.75) is 19.3 Å². The number of nitrogens with zero attached hydrogens (tertiary/aromatic N) is 2. The predicted molar refractivity (Wildman–Crippen MR) is 176 cm³/mol. The molecule has 204 valence electrons. The third kappa shape index (κ3) is 4.21. The van der Waals surface area contributed by atoms with Crippen LogP contribution < -0.4 is 20.8 Å². The van der Waals surface area contributed by atoms with Gasteiger partial charge < -0.3 is 4.57 Å². The standard InChI is InChI=1S/C38H31N2OP/c1-38(2)32-21-9-11-24-35(32)40(36-25-12-10-22-33(36)38)37-26-14-23-34(39-37)28-15-13-20-31(27-28)42(41,29-16-5-3-6-17-29)30-18-7-4-8-19-30/h3-27H,1-2H3. The lowest BCUT2D eigenvalue weighted by Crippen LogP contribution is -2.30. The molecule has 5 aromatic carbocycles. The van der Waals surface area contributed by atoms with Crippen molar-refractivity contribution in [1.82, 2.24) is 4.98 Å². The molecule has 7 rings (SSSR count). The Morgan fingerprint density at radius 1 is 0.548 bits per heavy atom. The summed E-state index contributed by atoms with van der Waals surface area (Å²) < 4.78 is 15.0. The first-order valence-corrected chi connectivity index (χ1v) is 16.0. The van der Waals surface area contributed by atoms with Gasteiger partial charge in [-0.05, 0) is 41.5 Å². The molecule has 0 spiro atoms. The number of para-hydroxylation sites is 2. The van der Waals surface area contributed by atoms with Gasteiger partial charge in [-0.25, -0.2) is 4.98 Å². The average Bonchev–Trinajstić information content (AvgIpc) is 3.06. The molecule has 0 aliphatic carbocycles. The summed E-state index contributed by atoms with van der Waals surface area (Å²) in [5.74, 6) is 0.850. The third-order valence-corrected chi connectivity index (χ3v) is 11.4. The maximum atomic E-state index is 15.0. The van der Waals surface area contributed by atoms with Crippen molar-refractivity contribution in [1.29, 1.82) is 0 Å². The zero-order valence-electron chi connectivity index (χ0n) is 23.7. The van der Waals surface area contributed by atoms with Crippen LogP contribution in [-0.4, -0.2) is 4.98 Å². The SMILES string of the molecule is CC1(C)c2ccccc2N(c2cccc(-c3cccc(P(=O)(c4ccccc4)c4ccccc4)c3)n2)c2ccccc21. The summed E-state index contributed by atoms with van der Waals surface area (Å²) in [5.41, 5.74) is 6.44. The van der Waals surface area contributed by atoms with E-state index in [1.807, 2.05) is 84.9 Å². The van der Waals surface area contributed by atoms with Crippen LogP contribution in [0, 0.1) is 0 Å². The highest BCUT2D eigenvalue weighted by molar-refractivity contribution is 7.85. The zero-order chi connectivity index (χ0) is 28.7. The predicted octanol–water partition coefficient (Wildman–Crippen LogP) is 8.50. The quantitative estimate of drug-likeness (QED) is 0.198. The number of aromatic nitrogens is 1. The Kier molecular flexibility index (Phi) is 6.41. The monoisotopic (exact) mass is 562 g/mol. The van der Waals surface area contributed by atoms with Crippen molar-refractivity contribution in [3.05, 3.63) is 163 Å². The molecule has 42 heavy (non-hydrogen) atoms. The van der Waals surface area contributed by atoms with Crippen molar-refractivity contribution in [2.75, 3.05) is 4.90 Å². The van der Waals surface area contributed by atoms with E-state index in [1.165, 1.54) is 11.1 Å². The van der Waals surface area contributed by atoms with E-state index in [4.69, 9.17) is 4.98 Å². The molecule has 0 amide bonds. The van der Waals surface area contributed by atoms with Gasteiger partial charge in [-0.3, -0.25) is 4.90 Å². The van der Waals surface area contributed by atoms with E-state index >= 15 is 4.57 Å². The highest BCUT2D eigenvalue weighted by Gasteiger charge is 2.37. The minimum Gasteiger partial charge on any atom is -0.309 e. The summed E-state index contributed by atoms with van der Waals surface area (Å²) in [6.07, 6.45) is 0. The van der Waals surface area contributed by atoms with E-state index in [0.717, 1.165) is 44.4 Å². The molecule has 4 heteroatoms. The molecular weight excluding hydrogens is 531 g/mol. The topological polar surface area (TPSA) is 33.2 Å². The van der Waals surface area contributed by atoms with Gasteiger partial charge in [0.1, 0.15) is 5.82 Å². The number of pyridine rings is 1. The number of rotatable bonds is 5. The van der Waals surface area contributed by atoms with Crippen LogP contribution in [0.1, 0.15) is 25.0 Å². The van der Waals surface area contributed by atoms with Gasteiger partial charge in [0.25, 0.3) is 0 Å². The van der Waals surface area contributed by atoms with Crippen LogP contribution in [0.15, 0.2) is 152 Å². The molecule has 0 N–H and O–H groups in total. The molecule has 0 bridgehead atoms. The second-order valence-electron chi connectivity index (χ2n) is 11.2. The molecule has 0 unspecified atom stereocenters. The van der Waals surface area contributed by atoms with E-state index < -0.39 is 7.14 Å². The van der Waals surface area contributed by atoms with Crippen molar-refractivity contribution in [3.63, 3.8) is 0 Å². The van der Waals surface area contributed by atoms with E-state index in [9.17, 15) is 0 Å². The molecule has 3 nitrogen and oxygen atoms in total. The molecule has 1 aliphatic heterocycles. The fraction of sp³-hybridized carbons (Fsp3) is 0.0789. The van der Waals surface area contributed by atoms with Gasteiger partial charge in [-0.2, -0.15) is 0 Å². The van der Waals surface area contributed by atoms with Crippen molar-refractivity contribution >= 4 is 40.2 Å². The highest BCUT2D eigenvalue weighted by atomic mass is 31.2. The number of fused-ring (bicyclic) bond motifs is 2. The van der Waals surface area contributed by atoms with E-state index in [-0.39, 0.29) is 5.41 Å². The first-order valence-electron chi connectivity index (χ1n) is 14.3. The normalized spacial score (nSPS) is 13.7. The summed E-state index contributed by atoms with van der Waals surface area (Å²) in [6.45, 7) is 4.57. The first-order chi connectivity index (χ1) is 20.5. The smallest absolute Gasteiger partial charge is 0.171 e. The van der Waals surface area contributed by atoms with Crippen LogP contribution >= 0.6 is 7.14 Å². The van der Waals surface area contributed by atoms with Crippen LogP contribution in [0.3, 0.4) is 0 Å². The molecule has 6 aromatic rings. The van der Waals surface area contributed by atoms with E-state index in [0.29, 0.717) is 0 Å². The third-order valence-electron chi connectivity index (χ3n) is 8.35. The summed E-state index contributed by atoms with van der Waals surface area (Å²) in [6, 6.07) is 51.0. The summed E-state index contributed by atoms with van der Waals surface area (Å²) in [4.78, 5) is 7.48. The maximum absolute atomic E-state index is 15.0. The summed E-state index contributed by atoms with van der Waals surface area (Å²) in [7, 11) is -3.10. The maximum Gasteiger partial charge on any atom is 0.171 e. The van der Waals surface area contributed by atoms with E-state index in [2.05, 4.69) is 85.5 Å². The Morgan fingerprint density at radius 2 is 1.05 bits per heavy atom. The number of hydrogen-bond acceptors (Lipinski definition) is 3. The number of hydrogen-bond donors (Lipinski definition) is 0. The minimum absolute atomic E-state index is 0.133. The zero-order valence-corrected chi connectivity index (χ0v) is 24.6. The van der Waals surface area contributed by atoms with Gasteiger partial charge in [0, 0.05) is 26.9 Å². The molecule has 2 heterocycles. The Morgan fingerprint density at radius 3 is 1.64 bits per heavy atom.